The highest BCUT2D eigenvalue weighted by Gasteiger charge is 2.36. The maximum atomic E-state index is 5.58. The molecule has 2 aliphatic heterocycles. The second-order valence-corrected chi connectivity index (χ2v) is 19.9. The van der Waals surface area contributed by atoms with Crippen LogP contribution in [0.4, 0.5) is 23.3 Å². The van der Waals surface area contributed by atoms with E-state index in [9.17, 15) is 0 Å². The Kier molecular flexibility index (Phi) is 7.43. The zero-order chi connectivity index (χ0) is 46.8. The second kappa shape index (κ2) is 14.0. The topological polar surface area (TPSA) is 109 Å². The van der Waals surface area contributed by atoms with Crippen molar-refractivity contribution in [3.05, 3.63) is 203 Å². The quantitative estimate of drug-likeness (QED) is 0.112. The standard InChI is InChI=1S/C64H38N8/c1-2-10-34-18-42-26-50-49(25-41(42)17-33(34)9-1)57-65-58(50)70-60-53-29-45-21-37-13-5-6-14-38(37)22-46(45)30-54(53)62(67-60)72-64-56-32-48-24-40-16-8-7-15-39(40)23-47(48)31-55(56)63(68-64)71-61-52-28-44-20-36-12-4-3-11-35(36)19-43(44)27-51(52)59(66-61)69-57/h1-32,49-50,66,68,71H,(H,65,67,69,70,72). The number of anilines is 2. The molecule has 2 unspecified atom stereocenters. The molecule has 0 saturated carbocycles. The summed E-state index contributed by atoms with van der Waals surface area (Å²) in [5.41, 5.74) is 1.42. The third-order valence-electron chi connectivity index (χ3n) is 15.6. The predicted octanol–water partition coefficient (Wildman–Crippen LogP) is 13.5. The normalized spacial score (nSPS) is 16.2. The molecule has 2 atom stereocenters. The first-order valence-electron chi connectivity index (χ1n) is 24.6. The number of hydrogen-bond acceptors (Lipinski definition) is 5. The van der Waals surface area contributed by atoms with Crippen LogP contribution in [0.3, 0.4) is 0 Å². The summed E-state index contributed by atoms with van der Waals surface area (Å²) < 4.78 is 0. The largest absolute Gasteiger partial charge is 0.327 e. The van der Waals surface area contributed by atoms with E-state index in [-0.39, 0.29) is 11.8 Å². The molecule has 3 aromatic heterocycles. The second-order valence-electron chi connectivity index (χ2n) is 19.9. The number of aromatic amines is 3. The van der Waals surface area contributed by atoms with Gasteiger partial charge in [0.2, 0.25) is 0 Å². The number of H-pyrrole nitrogens is 3. The van der Waals surface area contributed by atoms with Gasteiger partial charge in [-0.1, -0.05) is 109 Å². The van der Waals surface area contributed by atoms with Crippen molar-refractivity contribution in [3.8, 4) is 0 Å². The van der Waals surface area contributed by atoms with Crippen LogP contribution in [0.1, 0.15) is 0 Å². The summed E-state index contributed by atoms with van der Waals surface area (Å²) in [6.45, 7) is 0. The summed E-state index contributed by atoms with van der Waals surface area (Å²) in [5.74, 6) is 4.19. The molecule has 0 radical (unpaired) electrons. The molecule has 8 heteroatoms. The average molecular weight is 919 g/mol. The Hall–Kier alpha value is -9.66. The van der Waals surface area contributed by atoms with Crippen molar-refractivity contribution in [2.45, 2.75) is 0 Å². The molecule has 4 N–H and O–H groups in total. The van der Waals surface area contributed by atoms with Gasteiger partial charge in [0.05, 0.1) is 11.8 Å². The fourth-order valence-electron chi connectivity index (χ4n) is 12.0. The van der Waals surface area contributed by atoms with Crippen molar-refractivity contribution in [3.63, 3.8) is 0 Å². The first kappa shape index (κ1) is 38.2. The summed E-state index contributed by atoms with van der Waals surface area (Å²) in [6, 6.07) is 66.2. The molecule has 0 fully saturated rings. The number of aliphatic imine (C=N–C) groups is 2. The number of fused-ring (bicyclic) bond motifs is 27. The Morgan fingerprint density at radius 3 is 1.03 bits per heavy atom. The first-order chi connectivity index (χ1) is 35.5. The molecule has 0 saturated heterocycles. The number of amidine groups is 2. The van der Waals surface area contributed by atoms with Gasteiger partial charge < -0.3 is 20.3 Å². The minimum atomic E-state index is -0.166. The molecule has 0 spiro atoms. The molecule has 8 nitrogen and oxygen atoms in total. The van der Waals surface area contributed by atoms with E-state index in [1.807, 2.05) is 0 Å². The number of rotatable bonds is 0. The van der Waals surface area contributed by atoms with E-state index in [1.54, 1.807) is 0 Å². The van der Waals surface area contributed by atoms with Crippen LogP contribution < -0.4 is 26.7 Å². The lowest BCUT2D eigenvalue weighted by Crippen LogP contribution is -2.35. The highest BCUT2D eigenvalue weighted by Crippen LogP contribution is 2.43. The van der Waals surface area contributed by atoms with E-state index >= 15 is 0 Å². The third-order valence-corrected chi connectivity index (χ3v) is 15.6. The molecular weight excluding hydrogens is 881 g/mol. The van der Waals surface area contributed by atoms with Crippen molar-refractivity contribution in [1.82, 2.24) is 15.0 Å². The van der Waals surface area contributed by atoms with Gasteiger partial charge in [0.25, 0.3) is 0 Å². The number of aromatic nitrogens is 3. The Morgan fingerprint density at radius 2 is 0.611 bits per heavy atom. The van der Waals surface area contributed by atoms with Crippen LogP contribution in [0.2, 0.25) is 0 Å². The van der Waals surface area contributed by atoms with E-state index in [4.69, 9.17) is 20.0 Å². The Morgan fingerprint density at radius 1 is 0.278 bits per heavy atom. The van der Waals surface area contributed by atoms with Crippen LogP contribution in [0.25, 0.3) is 120 Å². The Balaban J connectivity index is 0.994. The van der Waals surface area contributed by atoms with Crippen LogP contribution in [0.5, 0.6) is 0 Å². The summed E-state index contributed by atoms with van der Waals surface area (Å²) >= 11 is 0. The van der Waals surface area contributed by atoms with Gasteiger partial charge in [-0.3, -0.25) is 0 Å². The lowest BCUT2D eigenvalue weighted by atomic mass is 9.86. The predicted molar refractivity (Wildman–Crippen MR) is 299 cm³/mol. The van der Waals surface area contributed by atoms with Gasteiger partial charge in [-0.05, 0) is 171 Å². The van der Waals surface area contributed by atoms with Gasteiger partial charge in [0, 0.05) is 32.3 Å². The van der Waals surface area contributed by atoms with Gasteiger partial charge in [0.1, 0.15) is 45.9 Å². The summed E-state index contributed by atoms with van der Waals surface area (Å²) in [4.78, 5) is 33.6. The van der Waals surface area contributed by atoms with Gasteiger partial charge in [-0.2, -0.15) is 0 Å². The summed E-state index contributed by atoms with van der Waals surface area (Å²) in [6.07, 6.45) is 4.70. The minimum Gasteiger partial charge on any atom is -0.327 e. The van der Waals surface area contributed by atoms with Crippen molar-refractivity contribution in [1.29, 1.82) is 0 Å². The molecule has 3 aliphatic rings. The van der Waals surface area contributed by atoms with Crippen LogP contribution in [0, 0.1) is 11.8 Å². The Bertz CT molecular complexity index is 5160. The first-order valence-corrected chi connectivity index (χ1v) is 24.6. The van der Waals surface area contributed by atoms with Crippen LogP contribution in [0.15, 0.2) is 202 Å². The molecule has 1 aliphatic carbocycles. The average Bonchev–Trinajstić information content (AvgIpc) is 4.12. The molecule has 14 aromatic rings. The molecule has 0 amide bonds. The van der Waals surface area contributed by atoms with E-state index in [2.05, 4.69) is 214 Å². The number of benzene rings is 11. The lowest BCUT2D eigenvalue weighted by Gasteiger charge is -2.17. The van der Waals surface area contributed by atoms with Crippen LogP contribution in [-0.2, 0) is 0 Å². The Labute approximate surface area is 408 Å². The maximum Gasteiger partial charge on any atom is 0.142 e. The van der Waals surface area contributed by atoms with Gasteiger partial charge in [-0.25, -0.2) is 20.0 Å². The van der Waals surface area contributed by atoms with Gasteiger partial charge in [-0.15, -0.1) is 0 Å². The molecular formula is C64H38N8. The highest BCUT2D eigenvalue weighted by atomic mass is 15.1. The number of nitrogens with one attached hydrogen (secondary N) is 4. The minimum absolute atomic E-state index is 0.163. The van der Waals surface area contributed by atoms with Crippen molar-refractivity contribution >= 4 is 155 Å². The van der Waals surface area contributed by atoms with Crippen LogP contribution >= 0.6 is 0 Å². The molecule has 8 bridgehead atoms. The van der Waals surface area contributed by atoms with Gasteiger partial charge in [0.15, 0.2) is 0 Å². The van der Waals surface area contributed by atoms with Crippen molar-refractivity contribution in [2.24, 2.45) is 31.8 Å². The van der Waals surface area contributed by atoms with Gasteiger partial charge >= 0.3 is 0 Å². The third kappa shape index (κ3) is 5.63. The van der Waals surface area contributed by atoms with E-state index < -0.39 is 0 Å². The highest BCUT2D eigenvalue weighted by molar-refractivity contribution is 6.18. The summed E-state index contributed by atoms with van der Waals surface area (Å²) in [5, 5.41) is 28.6. The van der Waals surface area contributed by atoms with Crippen molar-refractivity contribution in [2.75, 3.05) is 5.32 Å². The zero-order valence-corrected chi connectivity index (χ0v) is 38.4. The van der Waals surface area contributed by atoms with E-state index in [0.29, 0.717) is 22.6 Å². The number of hydrogen-bond donors (Lipinski definition) is 4. The fourth-order valence-corrected chi connectivity index (χ4v) is 12.0. The van der Waals surface area contributed by atoms with Crippen LogP contribution in [-0.4, -0.2) is 26.6 Å². The maximum absolute atomic E-state index is 5.58. The van der Waals surface area contributed by atoms with E-state index in [1.165, 1.54) is 53.5 Å². The smallest absolute Gasteiger partial charge is 0.142 e. The molecule has 11 aromatic carbocycles. The fraction of sp³-hybridized carbons (Fsp3) is 0.0312. The molecule has 334 valence electrons. The van der Waals surface area contributed by atoms with E-state index in [0.717, 1.165) is 87.9 Å². The number of nitrogens with zero attached hydrogens (tertiary/aromatic N) is 4. The molecule has 5 heterocycles. The molecule has 72 heavy (non-hydrogen) atoms. The SMILES string of the molecule is C1=c2cc3ccccc3cc2=CC2C3=Nc4[nH]c(c5cc6cc7ccccc7cc6cc45)Nc4[nH]c(c5cc6cc7ccccc7cc6cc45)N=c4[nH]c(c5cc6cc7ccccc7cc6cc45)=NC(=N3)C12. The lowest BCUT2D eigenvalue weighted by molar-refractivity contribution is 0.826. The molecule has 17 rings (SSSR count). The van der Waals surface area contributed by atoms with Crippen molar-refractivity contribution < 1.29 is 0 Å². The monoisotopic (exact) mass is 918 g/mol. The zero-order valence-electron chi connectivity index (χ0n) is 38.4. The summed E-state index contributed by atoms with van der Waals surface area (Å²) in [7, 11) is 0.